The van der Waals surface area contributed by atoms with Crippen molar-refractivity contribution in [1.29, 1.82) is 0 Å². The third-order valence-electron chi connectivity index (χ3n) is 2.61. The number of rotatable bonds is 6. The summed E-state index contributed by atoms with van der Waals surface area (Å²) in [4.78, 5) is 10.3. The molecule has 0 unspecified atom stereocenters. The van der Waals surface area contributed by atoms with Crippen LogP contribution in [0.2, 0.25) is 5.02 Å². The highest BCUT2D eigenvalue weighted by Gasteiger charge is 2.12. The van der Waals surface area contributed by atoms with Crippen LogP contribution in [0.15, 0.2) is 36.7 Å². The lowest BCUT2D eigenvalue weighted by Gasteiger charge is -2.05. The van der Waals surface area contributed by atoms with Crippen molar-refractivity contribution in [1.82, 2.24) is 15.1 Å². The Kier molecular flexibility index (Phi) is 4.48. The van der Waals surface area contributed by atoms with Crippen LogP contribution in [0.1, 0.15) is 5.56 Å². The van der Waals surface area contributed by atoms with E-state index in [1.165, 1.54) is 6.07 Å². The average Bonchev–Trinajstić information content (AvgIpc) is 2.89. The fourth-order valence-corrected chi connectivity index (χ4v) is 1.85. The van der Waals surface area contributed by atoms with Crippen LogP contribution in [0.25, 0.3) is 0 Å². The molecule has 6 nitrogen and oxygen atoms in total. The summed E-state index contributed by atoms with van der Waals surface area (Å²) >= 11 is 5.75. The first-order valence-corrected chi connectivity index (χ1v) is 6.15. The molecule has 1 aromatic heterocycles. The van der Waals surface area contributed by atoms with Gasteiger partial charge in [0.2, 0.25) is 0 Å². The lowest BCUT2D eigenvalue weighted by molar-refractivity contribution is -0.384. The standard InChI is InChI=1S/C12H13ClN4O2/c13-11-3-2-10(8-12(11)17(18)19)9-14-5-7-16-6-1-4-15-16/h1-4,6,8,14H,5,7,9H2. The maximum absolute atomic E-state index is 10.7. The molecule has 2 aromatic rings. The largest absolute Gasteiger partial charge is 0.311 e. The summed E-state index contributed by atoms with van der Waals surface area (Å²) in [5, 5.41) is 18.2. The molecule has 0 saturated carbocycles. The molecule has 100 valence electrons. The lowest BCUT2D eigenvalue weighted by Crippen LogP contribution is -2.19. The fourth-order valence-electron chi connectivity index (χ4n) is 1.67. The second-order valence-electron chi connectivity index (χ2n) is 3.99. The van der Waals surface area contributed by atoms with Gasteiger partial charge in [0.05, 0.1) is 11.5 Å². The minimum absolute atomic E-state index is 0.0620. The Morgan fingerprint density at radius 1 is 1.47 bits per heavy atom. The van der Waals surface area contributed by atoms with Crippen LogP contribution in [-0.4, -0.2) is 21.2 Å². The zero-order valence-electron chi connectivity index (χ0n) is 10.1. The van der Waals surface area contributed by atoms with Crippen molar-refractivity contribution in [3.8, 4) is 0 Å². The van der Waals surface area contributed by atoms with E-state index in [9.17, 15) is 10.1 Å². The number of hydrogen-bond donors (Lipinski definition) is 1. The average molecular weight is 281 g/mol. The summed E-state index contributed by atoms with van der Waals surface area (Å²) in [6.07, 6.45) is 3.61. The van der Waals surface area contributed by atoms with Gasteiger partial charge in [-0.2, -0.15) is 5.10 Å². The normalized spacial score (nSPS) is 10.6. The van der Waals surface area contributed by atoms with Gasteiger partial charge in [0.25, 0.3) is 5.69 Å². The topological polar surface area (TPSA) is 73.0 Å². The van der Waals surface area contributed by atoms with Crippen LogP contribution in [0.3, 0.4) is 0 Å². The summed E-state index contributed by atoms with van der Waals surface area (Å²) in [7, 11) is 0. The molecule has 0 aliphatic carbocycles. The van der Waals surface area contributed by atoms with E-state index in [0.29, 0.717) is 6.54 Å². The predicted molar refractivity (Wildman–Crippen MR) is 72.0 cm³/mol. The second-order valence-corrected chi connectivity index (χ2v) is 4.40. The Bertz CT molecular complexity index is 557. The first-order chi connectivity index (χ1) is 9.16. The molecule has 2 rings (SSSR count). The second kappa shape index (κ2) is 6.31. The number of halogens is 1. The number of nitrogens with one attached hydrogen (secondary N) is 1. The van der Waals surface area contributed by atoms with Crippen molar-refractivity contribution in [2.45, 2.75) is 13.1 Å². The number of benzene rings is 1. The molecule has 1 heterocycles. The highest BCUT2D eigenvalue weighted by Crippen LogP contribution is 2.24. The molecule has 0 aliphatic heterocycles. The molecule has 0 amide bonds. The Morgan fingerprint density at radius 3 is 3.00 bits per heavy atom. The van der Waals surface area contributed by atoms with E-state index in [-0.39, 0.29) is 10.7 Å². The monoisotopic (exact) mass is 280 g/mol. The van der Waals surface area contributed by atoms with Gasteiger partial charge < -0.3 is 5.32 Å². The fraction of sp³-hybridized carbons (Fsp3) is 0.250. The van der Waals surface area contributed by atoms with Crippen LogP contribution in [0.4, 0.5) is 5.69 Å². The lowest BCUT2D eigenvalue weighted by atomic mass is 10.2. The number of aromatic nitrogens is 2. The molecular formula is C12H13ClN4O2. The van der Waals surface area contributed by atoms with Gasteiger partial charge in [0.1, 0.15) is 5.02 Å². The van der Waals surface area contributed by atoms with E-state index in [2.05, 4.69) is 10.4 Å². The summed E-state index contributed by atoms with van der Waals surface area (Å²) < 4.78 is 1.82. The van der Waals surface area contributed by atoms with E-state index in [1.54, 1.807) is 18.3 Å². The molecule has 19 heavy (non-hydrogen) atoms. The number of nitrogens with zero attached hydrogens (tertiary/aromatic N) is 3. The third kappa shape index (κ3) is 3.77. The van der Waals surface area contributed by atoms with Crippen LogP contribution >= 0.6 is 11.6 Å². The van der Waals surface area contributed by atoms with Gasteiger partial charge in [-0.1, -0.05) is 17.7 Å². The molecule has 0 bridgehead atoms. The van der Waals surface area contributed by atoms with Gasteiger partial charge in [-0.05, 0) is 17.7 Å². The zero-order chi connectivity index (χ0) is 13.7. The van der Waals surface area contributed by atoms with Crippen molar-refractivity contribution in [3.63, 3.8) is 0 Å². The van der Waals surface area contributed by atoms with Crippen molar-refractivity contribution >= 4 is 17.3 Å². The van der Waals surface area contributed by atoms with Crippen LogP contribution < -0.4 is 5.32 Å². The minimum Gasteiger partial charge on any atom is -0.311 e. The minimum atomic E-state index is -0.477. The molecule has 0 radical (unpaired) electrons. The van der Waals surface area contributed by atoms with E-state index < -0.39 is 4.92 Å². The highest BCUT2D eigenvalue weighted by molar-refractivity contribution is 6.32. The third-order valence-corrected chi connectivity index (χ3v) is 2.93. The molecule has 7 heteroatoms. The van der Waals surface area contributed by atoms with Gasteiger partial charge in [0.15, 0.2) is 0 Å². The van der Waals surface area contributed by atoms with E-state index in [0.717, 1.165) is 18.7 Å². The SMILES string of the molecule is O=[N+]([O-])c1cc(CNCCn2cccn2)ccc1Cl. The van der Waals surface area contributed by atoms with Crippen molar-refractivity contribution in [3.05, 3.63) is 57.4 Å². The summed E-state index contributed by atoms with van der Waals surface area (Å²) in [6, 6.07) is 6.67. The van der Waals surface area contributed by atoms with E-state index >= 15 is 0 Å². The number of nitro benzene ring substituents is 1. The Morgan fingerprint density at radius 2 is 2.32 bits per heavy atom. The Hall–Kier alpha value is -1.92. The number of nitro groups is 1. The number of hydrogen-bond acceptors (Lipinski definition) is 4. The molecule has 0 aliphatic rings. The molecule has 0 saturated heterocycles. The Balaban J connectivity index is 1.86. The van der Waals surface area contributed by atoms with E-state index in [4.69, 9.17) is 11.6 Å². The maximum Gasteiger partial charge on any atom is 0.288 e. The van der Waals surface area contributed by atoms with Crippen molar-refractivity contribution in [2.75, 3.05) is 6.54 Å². The van der Waals surface area contributed by atoms with Crippen LogP contribution in [0.5, 0.6) is 0 Å². The smallest absolute Gasteiger partial charge is 0.288 e. The molecule has 0 atom stereocenters. The van der Waals surface area contributed by atoms with Gasteiger partial charge in [-0.3, -0.25) is 14.8 Å². The van der Waals surface area contributed by atoms with Crippen molar-refractivity contribution in [2.24, 2.45) is 0 Å². The van der Waals surface area contributed by atoms with Gasteiger partial charge >= 0.3 is 0 Å². The zero-order valence-corrected chi connectivity index (χ0v) is 10.9. The first kappa shape index (κ1) is 13.5. The Labute approximate surface area is 115 Å². The molecule has 1 N–H and O–H groups in total. The summed E-state index contributed by atoms with van der Waals surface area (Å²) in [5.41, 5.74) is 0.768. The molecule has 0 spiro atoms. The van der Waals surface area contributed by atoms with Crippen molar-refractivity contribution < 1.29 is 4.92 Å². The van der Waals surface area contributed by atoms with Crippen LogP contribution in [0, 0.1) is 10.1 Å². The summed E-state index contributed by atoms with van der Waals surface area (Å²) in [6.45, 7) is 2.04. The van der Waals surface area contributed by atoms with Crippen LogP contribution in [-0.2, 0) is 13.1 Å². The van der Waals surface area contributed by atoms with Gasteiger partial charge in [-0.25, -0.2) is 0 Å². The first-order valence-electron chi connectivity index (χ1n) is 5.78. The maximum atomic E-state index is 10.7. The predicted octanol–water partition coefficient (Wildman–Crippen LogP) is 2.23. The summed E-state index contributed by atoms with van der Waals surface area (Å²) in [5.74, 6) is 0. The quantitative estimate of drug-likeness (QED) is 0.500. The van der Waals surface area contributed by atoms with Gasteiger partial charge in [0, 0.05) is 31.5 Å². The highest BCUT2D eigenvalue weighted by atomic mass is 35.5. The van der Waals surface area contributed by atoms with E-state index in [1.807, 2.05) is 16.9 Å². The van der Waals surface area contributed by atoms with Gasteiger partial charge in [-0.15, -0.1) is 0 Å². The molecule has 0 fully saturated rings. The molecular weight excluding hydrogens is 268 g/mol. The molecule has 1 aromatic carbocycles.